The average molecular weight is 226 g/mol. The van der Waals surface area contributed by atoms with Gasteiger partial charge in [0.15, 0.2) is 0 Å². The molecule has 0 aromatic carbocycles. The standard InChI is InChI=1S/C13H26N2O/c1-12(2,3)8-10(14)7-11(16)15-9-13(4)5-6-13/h10H,5-9,14H2,1-4H3,(H,15,16). The van der Waals surface area contributed by atoms with E-state index in [1.807, 2.05) is 0 Å². The minimum Gasteiger partial charge on any atom is -0.356 e. The summed E-state index contributed by atoms with van der Waals surface area (Å²) < 4.78 is 0. The largest absolute Gasteiger partial charge is 0.356 e. The molecule has 0 spiro atoms. The third-order valence-corrected chi connectivity index (χ3v) is 3.14. The second-order valence-corrected chi connectivity index (χ2v) is 6.82. The highest BCUT2D eigenvalue weighted by Gasteiger charge is 2.37. The normalized spacial score (nSPS) is 20.3. The van der Waals surface area contributed by atoms with Gasteiger partial charge in [0, 0.05) is 19.0 Å². The zero-order valence-corrected chi connectivity index (χ0v) is 11.1. The molecule has 3 N–H and O–H groups in total. The van der Waals surface area contributed by atoms with Gasteiger partial charge in [0.25, 0.3) is 0 Å². The Morgan fingerprint density at radius 1 is 1.44 bits per heavy atom. The summed E-state index contributed by atoms with van der Waals surface area (Å²) in [5.74, 6) is 0.102. The summed E-state index contributed by atoms with van der Waals surface area (Å²) in [6, 6.07) is -0.0213. The fourth-order valence-corrected chi connectivity index (χ4v) is 1.87. The van der Waals surface area contributed by atoms with Crippen LogP contribution in [0.5, 0.6) is 0 Å². The number of hydrogen-bond acceptors (Lipinski definition) is 2. The van der Waals surface area contributed by atoms with Crippen molar-refractivity contribution in [2.24, 2.45) is 16.6 Å². The Morgan fingerprint density at radius 3 is 2.44 bits per heavy atom. The Balaban J connectivity index is 2.18. The molecule has 0 bridgehead atoms. The first-order chi connectivity index (χ1) is 7.20. The highest BCUT2D eigenvalue weighted by Crippen LogP contribution is 2.44. The number of carbonyl (C=O) groups excluding carboxylic acids is 1. The van der Waals surface area contributed by atoms with E-state index in [2.05, 4.69) is 33.0 Å². The summed E-state index contributed by atoms with van der Waals surface area (Å²) in [6.45, 7) is 9.47. The Morgan fingerprint density at radius 2 is 2.00 bits per heavy atom. The van der Waals surface area contributed by atoms with Crippen molar-refractivity contribution in [1.29, 1.82) is 0 Å². The van der Waals surface area contributed by atoms with E-state index >= 15 is 0 Å². The van der Waals surface area contributed by atoms with Crippen LogP contribution in [-0.2, 0) is 4.79 Å². The van der Waals surface area contributed by atoms with Crippen LogP contribution in [0.2, 0.25) is 0 Å². The highest BCUT2D eigenvalue weighted by atomic mass is 16.1. The zero-order chi connectivity index (χ0) is 12.4. The SMILES string of the molecule is CC(C)(C)CC(N)CC(=O)NCC1(C)CC1. The van der Waals surface area contributed by atoms with E-state index in [4.69, 9.17) is 5.73 Å². The van der Waals surface area contributed by atoms with E-state index in [1.165, 1.54) is 12.8 Å². The topological polar surface area (TPSA) is 55.1 Å². The van der Waals surface area contributed by atoms with E-state index in [0.717, 1.165) is 13.0 Å². The van der Waals surface area contributed by atoms with Gasteiger partial charge in [0.05, 0.1) is 0 Å². The molecule has 94 valence electrons. The number of nitrogens with two attached hydrogens (primary N) is 1. The van der Waals surface area contributed by atoms with Gasteiger partial charge >= 0.3 is 0 Å². The number of rotatable bonds is 5. The van der Waals surface area contributed by atoms with Crippen LogP contribution >= 0.6 is 0 Å². The van der Waals surface area contributed by atoms with Gasteiger partial charge in [-0.2, -0.15) is 0 Å². The van der Waals surface area contributed by atoms with Crippen molar-refractivity contribution in [1.82, 2.24) is 5.32 Å². The maximum Gasteiger partial charge on any atom is 0.221 e. The summed E-state index contributed by atoms with van der Waals surface area (Å²) in [5, 5.41) is 2.98. The van der Waals surface area contributed by atoms with Crippen LogP contribution in [0.1, 0.15) is 53.4 Å². The Hall–Kier alpha value is -0.570. The molecule has 0 aliphatic heterocycles. The first-order valence-electron chi connectivity index (χ1n) is 6.23. The molecule has 1 rings (SSSR count). The summed E-state index contributed by atoms with van der Waals surface area (Å²) in [5.41, 5.74) is 6.53. The van der Waals surface area contributed by atoms with E-state index in [9.17, 15) is 4.79 Å². The summed E-state index contributed by atoms with van der Waals surface area (Å²) in [4.78, 5) is 11.6. The first kappa shape index (κ1) is 13.5. The second-order valence-electron chi connectivity index (χ2n) is 6.82. The van der Waals surface area contributed by atoms with Crippen molar-refractivity contribution in [2.45, 2.75) is 59.4 Å². The van der Waals surface area contributed by atoms with Crippen molar-refractivity contribution in [3.63, 3.8) is 0 Å². The van der Waals surface area contributed by atoms with Crippen molar-refractivity contribution < 1.29 is 4.79 Å². The molecule has 1 aliphatic carbocycles. The lowest BCUT2D eigenvalue weighted by Crippen LogP contribution is -2.36. The summed E-state index contributed by atoms with van der Waals surface area (Å²) in [6.07, 6.45) is 3.81. The number of hydrogen-bond donors (Lipinski definition) is 2. The lowest BCUT2D eigenvalue weighted by molar-refractivity contribution is -0.121. The molecule has 3 heteroatoms. The van der Waals surface area contributed by atoms with Crippen molar-refractivity contribution in [2.75, 3.05) is 6.54 Å². The van der Waals surface area contributed by atoms with E-state index < -0.39 is 0 Å². The molecule has 0 aromatic heterocycles. The number of amides is 1. The second kappa shape index (κ2) is 4.74. The van der Waals surface area contributed by atoms with Gasteiger partial charge in [-0.05, 0) is 30.1 Å². The van der Waals surface area contributed by atoms with E-state index in [0.29, 0.717) is 11.8 Å². The molecule has 1 atom stereocenters. The summed E-state index contributed by atoms with van der Waals surface area (Å²) in [7, 11) is 0. The third kappa shape index (κ3) is 5.50. The average Bonchev–Trinajstić information content (AvgIpc) is 2.78. The van der Waals surface area contributed by atoms with Crippen LogP contribution < -0.4 is 11.1 Å². The van der Waals surface area contributed by atoms with Gasteiger partial charge < -0.3 is 11.1 Å². The minimum absolute atomic E-state index is 0.0213. The molecule has 0 radical (unpaired) electrons. The van der Waals surface area contributed by atoms with E-state index in [1.54, 1.807) is 0 Å². The molecule has 16 heavy (non-hydrogen) atoms. The van der Waals surface area contributed by atoms with Crippen LogP contribution in [0.25, 0.3) is 0 Å². The fraction of sp³-hybridized carbons (Fsp3) is 0.923. The molecule has 1 fully saturated rings. The number of nitrogens with one attached hydrogen (secondary N) is 1. The molecule has 0 heterocycles. The quantitative estimate of drug-likeness (QED) is 0.754. The highest BCUT2D eigenvalue weighted by molar-refractivity contribution is 5.76. The predicted octanol–water partition coefficient (Wildman–Crippen LogP) is 2.06. The van der Waals surface area contributed by atoms with Gasteiger partial charge in [0.2, 0.25) is 5.91 Å². The Bertz CT molecular complexity index is 251. The Kier molecular flexibility index (Phi) is 4.00. The van der Waals surface area contributed by atoms with Crippen molar-refractivity contribution >= 4 is 5.91 Å². The van der Waals surface area contributed by atoms with Gasteiger partial charge in [-0.15, -0.1) is 0 Å². The van der Waals surface area contributed by atoms with Crippen LogP contribution in [0.3, 0.4) is 0 Å². The van der Waals surface area contributed by atoms with Gasteiger partial charge in [-0.3, -0.25) is 4.79 Å². The number of carbonyl (C=O) groups is 1. The van der Waals surface area contributed by atoms with Crippen molar-refractivity contribution in [3.8, 4) is 0 Å². The lowest BCUT2D eigenvalue weighted by atomic mass is 9.87. The van der Waals surface area contributed by atoms with Crippen LogP contribution in [0.15, 0.2) is 0 Å². The minimum atomic E-state index is -0.0213. The zero-order valence-electron chi connectivity index (χ0n) is 11.1. The lowest BCUT2D eigenvalue weighted by Gasteiger charge is -2.23. The molecule has 3 nitrogen and oxygen atoms in total. The maximum absolute atomic E-state index is 11.6. The predicted molar refractivity (Wildman–Crippen MR) is 67.0 cm³/mol. The molecule has 0 aromatic rings. The molecule has 1 unspecified atom stereocenters. The fourth-order valence-electron chi connectivity index (χ4n) is 1.87. The third-order valence-electron chi connectivity index (χ3n) is 3.14. The molecular formula is C13H26N2O. The van der Waals surface area contributed by atoms with Crippen LogP contribution in [-0.4, -0.2) is 18.5 Å². The smallest absolute Gasteiger partial charge is 0.221 e. The van der Waals surface area contributed by atoms with Crippen LogP contribution in [0.4, 0.5) is 0 Å². The Labute approximate surface area is 99.2 Å². The summed E-state index contributed by atoms with van der Waals surface area (Å²) >= 11 is 0. The molecule has 1 amide bonds. The van der Waals surface area contributed by atoms with Crippen LogP contribution in [0, 0.1) is 10.8 Å². The monoisotopic (exact) mass is 226 g/mol. The van der Waals surface area contributed by atoms with Crippen molar-refractivity contribution in [3.05, 3.63) is 0 Å². The van der Waals surface area contributed by atoms with E-state index in [-0.39, 0.29) is 17.4 Å². The molecule has 1 saturated carbocycles. The molecule has 0 saturated heterocycles. The first-order valence-corrected chi connectivity index (χ1v) is 6.23. The van der Waals surface area contributed by atoms with Gasteiger partial charge in [0.1, 0.15) is 0 Å². The van der Waals surface area contributed by atoms with Gasteiger partial charge in [-0.1, -0.05) is 27.7 Å². The molecule has 1 aliphatic rings. The molecular weight excluding hydrogens is 200 g/mol. The van der Waals surface area contributed by atoms with Gasteiger partial charge in [-0.25, -0.2) is 0 Å². The maximum atomic E-state index is 11.6.